The van der Waals surface area contributed by atoms with Crippen LogP contribution in [0.15, 0.2) is 18.2 Å². The van der Waals surface area contributed by atoms with Crippen molar-refractivity contribution in [2.75, 3.05) is 18.4 Å². The second-order valence-electron chi connectivity index (χ2n) is 4.94. The third kappa shape index (κ3) is 3.23. The zero-order chi connectivity index (χ0) is 13.0. The van der Waals surface area contributed by atoms with Gasteiger partial charge in [0.2, 0.25) is 5.91 Å². The molecule has 0 bridgehead atoms. The zero-order valence-corrected chi connectivity index (χ0v) is 10.7. The number of phenolic OH excluding ortho intramolecular Hbond substituents is 1. The number of piperidine rings is 1. The smallest absolute Gasteiger partial charge is 0.224 e. The Morgan fingerprint density at radius 2 is 2.39 bits per heavy atom. The van der Waals surface area contributed by atoms with Crippen molar-refractivity contribution in [3.05, 3.63) is 23.8 Å². The summed E-state index contributed by atoms with van der Waals surface area (Å²) in [7, 11) is 0. The molecule has 0 radical (unpaired) electrons. The van der Waals surface area contributed by atoms with E-state index in [0.717, 1.165) is 31.5 Å². The van der Waals surface area contributed by atoms with Crippen LogP contribution >= 0.6 is 0 Å². The lowest BCUT2D eigenvalue weighted by Crippen LogP contribution is -2.32. The summed E-state index contributed by atoms with van der Waals surface area (Å²) in [6.45, 7) is 3.78. The van der Waals surface area contributed by atoms with Crippen molar-refractivity contribution < 1.29 is 9.90 Å². The molecule has 1 amide bonds. The van der Waals surface area contributed by atoms with Crippen molar-refractivity contribution >= 4 is 11.6 Å². The largest absolute Gasteiger partial charge is 0.505 e. The maximum atomic E-state index is 11.9. The lowest BCUT2D eigenvalue weighted by Gasteiger charge is -2.22. The quantitative estimate of drug-likeness (QED) is 0.717. The molecule has 4 heteroatoms. The third-order valence-electron chi connectivity index (χ3n) is 3.38. The molecule has 0 aliphatic carbocycles. The molecule has 3 N–H and O–H groups in total. The van der Waals surface area contributed by atoms with Gasteiger partial charge in [0.05, 0.1) is 5.69 Å². The molecule has 1 heterocycles. The van der Waals surface area contributed by atoms with Gasteiger partial charge in [-0.1, -0.05) is 12.1 Å². The minimum absolute atomic E-state index is 0.0235. The van der Waals surface area contributed by atoms with Crippen molar-refractivity contribution in [1.29, 1.82) is 0 Å². The summed E-state index contributed by atoms with van der Waals surface area (Å²) in [5.41, 5.74) is 1.27. The molecular weight excluding hydrogens is 228 g/mol. The lowest BCUT2D eigenvalue weighted by molar-refractivity contribution is -0.117. The van der Waals surface area contributed by atoms with Crippen LogP contribution in [0.3, 0.4) is 0 Å². The van der Waals surface area contributed by atoms with E-state index in [0.29, 0.717) is 18.0 Å². The van der Waals surface area contributed by atoms with Gasteiger partial charge in [0.25, 0.3) is 0 Å². The Morgan fingerprint density at radius 3 is 3.11 bits per heavy atom. The maximum Gasteiger partial charge on any atom is 0.224 e. The Kier molecular flexibility index (Phi) is 4.20. The molecule has 1 saturated heterocycles. The molecule has 18 heavy (non-hydrogen) atoms. The number of carbonyl (C=O) groups excluding carboxylic acids is 1. The second-order valence-corrected chi connectivity index (χ2v) is 4.94. The molecule has 1 fully saturated rings. The molecular formula is C14H20N2O2. The molecule has 1 atom stereocenters. The number of anilines is 1. The number of amides is 1. The van der Waals surface area contributed by atoms with E-state index in [1.807, 2.05) is 19.1 Å². The number of carbonyl (C=O) groups is 1. The van der Waals surface area contributed by atoms with Crippen LogP contribution < -0.4 is 10.6 Å². The Morgan fingerprint density at radius 1 is 1.56 bits per heavy atom. The molecule has 2 rings (SSSR count). The van der Waals surface area contributed by atoms with Gasteiger partial charge in [-0.05, 0) is 50.4 Å². The van der Waals surface area contributed by atoms with Gasteiger partial charge in [0.15, 0.2) is 0 Å². The zero-order valence-electron chi connectivity index (χ0n) is 10.7. The van der Waals surface area contributed by atoms with E-state index in [9.17, 15) is 9.90 Å². The van der Waals surface area contributed by atoms with Crippen LogP contribution in [0.25, 0.3) is 0 Å². The van der Waals surface area contributed by atoms with Gasteiger partial charge in [0, 0.05) is 6.42 Å². The van der Waals surface area contributed by atoms with E-state index in [4.69, 9.17) is 0 Å². The summed E-state index contributed by atoms with van der Waals surface area (Å²) in [4.78, 5) is 11.9. The standard InChI is InChI=1S/C14H20N2O2/c1-10-4-2-6-12(14(10)18)16-13(17)8-11-5-3-7-15-9-11/h2,4,6,11,15,18H,3,5,7-9H2,1H3,(H,16,17). The van der Waals surface area contributed by atoms with E-state index in [2.05, 4.69) is 10.6 Å². The van der Waals surface area contributed by atoms with Crippen LogP contribution in [0.5, 0.6) is 5.75 Å². The van der Waals surface area contributed by atoms with Crippen molar-refractivity contribution in [3.63, 3.8) is 0 Å². The molecule has 1 aliphatic rings. The van der Waals surface area contributed by atoms with Crippen molar-refractivity contribution in [1.82, 2.24) is 5.32 Å². The first-order valence-electron chi connectivity index (χ1n) is 6.46. The number of hydrogen-bond acceptors (Lipinski definition) is 3. The van der Waals surface area contributed by atoms with Gasteiger partial charge in [-0.2, -0.15) is 0 Å². The lowest BCUT2D eigenvalue weighted by atomic mass is 9.96. The monoisotopic (exact) mass is 248 g/mol. The fourth-order valence-corrected chi connectivity index (χ4v) is 2.32. The van der Waals surface area contributed by atoms with Gasteiger partial charge in [-0.25, -0.2) is 0 Å². The Bertz CT molecular complexity index is 426. The normalized spacial score (nSPS) is 19.5. The molecule has 0 saturated carbocycles. The highest BCUT2D eigenvalue weighted by molar-refractivity contribution is 5.92. The summed E-state index contributed by atoms with van der Waals surface area (Å²) in [5.74, 6) is 0.544. The van der Waals surface area contributed by atoms with E-state index < -0.39 is 0 Å². The molecule has 98 valence electrons. The van der Waals surface area contributed by atoms with E-state index in [-0.39, 0.29) is 11.7 Å². The van der Waals surface area contributed by atoms with Gasteiger partial charge in [-0.3, -0.25) is 4.79 Å². The SMILES string of the molecule is Cc1cccc(NC(=O)CC2CCCNC2)c1O. The van der Waals surface area contributed by atoms with Crippen LogP contribution in [0.2, 0.25) is 0 Å². The molecule has 0 spiro atoms. The first-order valence-corrected chi connectivity index (χ1v) is 6.46. The molecule has 1 aromatic carbocycles. The van der Waals surface area contributed by atoms with Crippen LogP contribution in [0.1, 0.15) is 24.8 Å². The first kappa shape index (κ1) is 12.9. The fourth-order valence-electron chi connectivity index (χ4n) is 2.32. The van der Waals surface area contributed by atoms with Crippen LogP contribution in [0.4, 0.5) is 5.69 Å². The van der Waals surface area contributed by atoms with Gasteiger partial charge in [0.1, 0.15) is 5.75 Å². The van der Waals surface area contributed by atoms with Gasteiger partial charge >= 0.3 is 0 Å². The van der Waals surface area contributed by atoms with Crippen LogP contribution in [-0.4, -0.2) is 24.1 Å². The minimum atomic E-state index is -0.0235. The summed E-state index contributed by atoms with van der Waals surface area (Å²) in [6, 6.07) is 5.36. The first-order chi connectivity index (χ1) is 8.66. The summed E-state index contributed by atoms with van der Waals surface area (Å²) in [6.07, 6.45) is 2.74. The maximum absolute atomic E-state index is 11.9. The van der Waals surface area contributed by atoms with E-state index in [1.165, 1.54) is 0 Å². The summed E-state index contributed by atoms with van der Waals surface area (Å²) >= 11 is 0. The van der Waals surface area contributed by atoms with Crippen molar-refractivity contribution in [2.24, 2.45) is 5.92 Å². The number of rotatable bonds is 3. The number of hydrogen-bond donors (Lipinski definition) is 3. The van der Waals surface area contributed by atoms with Gasteiger partial charge < -0.3 is 15.7 Å². The minimum Gasteiger partial charge on any atom is -0.505 e. The molecule has 1 aromatic rings. The number of benzene rings is 1. The Balaban J connectivity index is 1.92. The molecule has 1 unspecified atom stereocenters. The number of aryl methyl sites for hydroxylation is 1. The van der Waals surface area contributed by atoms with Gasteiger partial charge in [-0.15, -0.1) is 0 Å². The summed E-state index contributed by atoms with van der Waals surface area (Å²) in [5, 5.41) is 15.9. The van der Waals surface area contributed by atoms with Crippen molar-refractivity contribution in [2.45, 2.75) is 26.2 Å². The third-order valence-corrected chi connectivity index (χ3v) is 3.38. The highest BCUT2D eigenvalue weighted by atomic mass is 16.3. The van der Waals surface area contributed by atoms with E-state index in [1.54, 1.807) is 6.07 Å². The predicted octanol–water partition coefficient (Wildman–Crippen LogP) is 2.03. The highest BCUT2D eigenvalue weighted by Gasteiger charge is 2.17. The fraction of sp³-hybridized carbons (Fsp3) is 0.500. The number of para-hydroxylation sites is 1. The topological polar surface area (TPSA) is 61.4 Å². The number of aromatic hydroxyl groups is 1. The molecule has 0 aromatic heterocycles. The second kappa shape index (κ2) is 5.87. The molecule has 1 aliphatic heterocycles. The summed E-state index contributed by atoms with van der Waals surface area (Å²) < 4.78 is 0. The van der Waals surface area contributed by atoms with E-state index >= 15 is 0 Å². The van der Waals surface area contributed by atoms with Crippen LogP contribution in [-0.2, 0) is 4.79 Å². The van der Waals surface area contributed by atoms with Crippen LogP contribution in [0, 0.1) is 12.8 Å². The Labute approximate surface area is 107 Å². The molecule has 4 nitrogen and oxygen atoms in total. The predicted molar refractivity (Wildman–Crippen MR) is 71.7 cm³/mol. The number of nitrogens with one attached hydrogen (secondary N) is 2. The van der Waals surface area contributed by atoms with Crippen molar-refractivity contribution in [3.8, 4) is 5.75 Å². The average Bonchev–Trinajstić information content (AvgIpc) is 2.36. The average molecular weight is 248 g/mol. The Hall–Kier alpha value is -1.55. The highest BCUT2D eigenvalue weighted by Crippen LogP contribution is 2.27. The number of phenols is 1.